The Hall–Kier alpha value is -2.88. The second-order valence-corrected chi connectivity index (χ2v) is 6.33. The molecule has 0 aliphatic rings. The van der Waals surface area contributed by atoms with Crippen LogP contribution in [0.25, 0.3) is 12.4 Å². The van der Waals surface area contributed by atoms with Gasteiger partial charge >= 0.3 is 0 Å². The number of hydrogen-bond donors (Lipinski definition) is 1. The Morgan fingerprint density at radius 3 is 1.62 bits per heavy atom. The van der Waals surface area contributed by atoms with Crippen molar-refractivity contribution in [2.45, 2.75) is 39.1 Å². The summed E-state index contributed by atoms with van der Waals surface area (Å²) >= 11 is 5.25. The van der Waals surface area contributed by atoms with Crippen molar-refractivity contribution in [3.63, 3.8) is 0 Å². The fourth-order valence-corrected chi connectivity index (χ4v) is 2.02. The molecule has 0 amide bonds. The first kappa shape index (κ1) is 33.8. The number of rotatable bonds is 7. The predicted octanol–water partition coefficient (Wildman–Crippen LogP) is -1.04. The predicted molar refractivity (Wildman–Crippen MR) is 119 cm³/mol. The van der Waals surface area contributed by atoms with Gasteiger partial charge in [-0.2, -0.15) is 0 Å². The number of aliphatic hydroxyl groups excluding tert-OH is 1. The van der Waals surface area contributed by atoms with Gasteiger partial charge in [0.1, 0.15) is 17.8 Å². The molecule has 0 saturated carbocycles. The minimum Gasteiger partial charge on any atom is -1.00 e. The van der Waals surface area contributed by atoms with Crippen LogP contribution in [-0.2, 0) is 19.2 Å². The van der Waals surface area contributed by atoms with Crippen molar-refractivity contribution in [2.24, 2.45) is 0 Å². The van der Waals surface area contributed by atoms with E-state index in [1.54, 1.807) is 57.3 Å². The first-order chi connectivity index (χ1) is 14.5. The summed E-state index contributed by atoms with van der Waals surface area (Å²) in [5.41, 5.74) is 0. The largest absolute Gasteiger partial charge is 1.00 e. The van der Waals surface area contributed by atoms with E-state index in [0.717, 1.165) is 7.11 Å². The van der Waals surface area contributed by atoms with Gasteiger partial charge in [-0.1, -0.05) is 13.2 Å². The molecule has 2 heterocycles. The molecule has 1 N–H and O–H groups in total. The Bertz CT molecular complexity index is 835. The van der Waals surface area contributed by atoms with Gasteiger partial charge in [0.2, 0.25) is 12.4 Å². The molecule has 0 fully saturated rings. The number of carbonyl (C=O) groups is 4. The average molecular weight is 489 g/mol. The fraction of sp³-hybridized carbons (Fsp3) is 0.333. The van der Waals surface area contributed by atoms with Crippen molar-refractivity contribution >= 4 is 47.1 Å². The Balaban J connectivity index is -0.000000401. The van der Waals surface area contributed by atoms with E-state index in [4.69, 9.17) is 16.7 Å². The van der Waals surface area contributed by atoms with Crippen LogP contribution in [0.2, 0.25) is 0 Å². The van der Waals surface area contributed by atoms with E-state index in [1.165, 1.54) is 27.7 Å². The third kappa shape index (κ3) is 13.4. The molecule has 11 heteroatoms. The van der Waals surface area contributed by atoms with Crippen LogP contribution in [-0.4, -0.2) is 54.8 Å². The zero-order chi connectivity index (χ0) is 24.6. The van der Waals surface area contributed by atoms with Gasteiger partial charge in [-0.15, -0.1) is 11.6 Å². The second kappa shape index (κ2) is 18.9. The first-order valence-electron chi connectivity index (χ1n) is 8.96. The number of imidazole rings is 2. The minimum atomic E-state index is -0.935. The maximum Gasteiger partial charge on any atom is 0.249 e. The van der Waals surface area contributed by atoms with Crippen LogP contribution in [0.5, 0.6) is 0 Å². The van der Waals surface area contributed by atoms with Gasteiger partial charge in [-0.3, -0.25) is 19.2 Å². The lowest BCUT2D eigenvalue weighted by molar-refractivity contribution is -0.694. The van der Waals surface area contributed by atoms with Gasteiger partial charge in [0.25, 0.3) is 0 Å². The molecule has 2 rings (SSSR count). The molecular formula is C21H30Cl2N4O5. The van der Waals surface area contributed by atoms with Gasteiger partial charge in [0.15, 0.2) is 23.1 Å². The molecule has 9 nitrogen and oxygen atoms in total. The SMILES string of the molecule is C=Cn1cc[n+](C(C(C)=O)C(C)=O)c1.C=Cn1ccnc1.CC(=O)C(Cl)C(C)=O.CO.[Cl-]. The van der Waals surface area contributed by atoms with Crippen molar-refractivity contribution < 1.29 is 41.3 Å². The minimum absolute atomic E-state index is 0. The van der Waals surface area contributed by atoms with Crippen molar-refractivity contribution in [1.29, 1.82) is 0 Å². The van der Waals surface area contributed by atoms with Gasteiger partial charge in [0, 0.05) is 25.7 Å². The number of carbonyl (C=O) groups excluding carboxylic acids is 4. The number of hydrogen-bond acceptors (Lipinski definition) is 6. The molecule has 0 aromatic carbocycles. The monoisotopic (exact) mass is 488 g/mol. The zero-order valence-corrected chi connectivity index (χ0v) is 20.3. The van der Waals surface area contributed by atoms with E-state index in [2.05, 4.69) is 18.1 Å². The molecule has 0 atom stereocenters. The van der Waals surface area contributed by atoms with Crippen LogP contribution < -0.4 is 17.0 Å². The van der Waals surface area contributed by atoms with E-state index < -0.39 is 11.4 Å². The number of aliphatic hydroxyl groups is 1. The molecule has 0 aliphatic heterocycles. The topological polar surface area (TPSA) is 115 Å². The van der Waals surface area contributed by atoms with Crippen LogP contribution in [0.15, 0.2) is 50.6 Å². The van der Waals surface area contributed by atoms with E-state index in [-0.39, 0.29) is 35.5 Å². The summed E-state index contributed by atoms with van der Waals surface area (Å²) in [6.45, 7) is 12.5. The number of alkyl halides is 1. The summed E-state index contributed by atoms with van der Waals surface area (Å²) in [5.74, 6) is -0.910. The fourth-order valence-electron chi connectivity index (χ4n) is 2.02. The number of Topliss-reactive ketones (excluding diaryl/α,β-unsaturated/α-hetero) is 4. The molecule has 0 unspecified atom stereocenters. The van der Waals surface area contributed by atoms with Crippen molar-refractivity contribution in [3.8, 4) is 0 Å². The molecule has 2 aromatic rings. The van der Waals surface area contributed by atoms with E-state index in [9.17, 15) is 19.2 Å². The van der Waals surface area contributed by atoms with Gasteiger partial charge in [-0.25, -0.2) is 14.1 Å². The third-order valence-electron chi connectivity index (χ3n) is 3.41. The number of nitrogens with zero attached hydrogens (tertiary/aromatic N) is 4. The molecule has 0 bridgehead atoms. The van der Waals surface area contributed by atoms with Crippen LogP contribution in [0.4, 0.5) is 0 Å². The van der Waals surface area contributed by atoms with Crippen LogP contribution in [0.3, 0.4) is 0 Å². The van der Waals surface area contributed by atoms with Gasteiger partial charge < -0.3 is 22.1 Å². The van der Waals surface area contributed by atoms with Gasteiger partial charge in [-0.05, 0) is 27.7 Å². The first-order valence-corrected chi connectivity index (χ1v) is 9.40. The Morgan fingerprint density at radius 2 is 1.41 bits per heavy atom. The average Bonchev–Trinajstić information content (AvgIpc) is 3.41. The summed E-state index contributed by atoms with van der Waals surface area (Å²) < 4.78 is 5.03. The summed E-state index contributed by atoms with van der Waals surface area (Å²) in [5, 5.41) is 6.06. The third-order valence-corrected chi connectivity index (χ3v) is 4.02. The molecule has 2 aromatic heterocycles. The summed E-state index contributed by atoms with van der Waals surface area (Å²) in [7, 11) is 1.00. The Morgan fingerprint density at radius 1 is 0.938 bits per heavy atom. The highest BCUT2D eigenvalue weighted by atomic mass is 35.5. The van der Waals surface area contributed by atoms with Crippen molar-refractivity contribution in [1.82, 2.24) is 14.1 Å². The Labute approximate surface area is 199 Å². The van der Waals surface area contributed by atoms with Crippen molar-refractivity contribution in [3.05, 3.63) is 50.6 Å². The number of aromatic nitrogens is 4. The molecule has 0 radical (unpaired) electrons. The summed E-state index contributed by atoms with van der Waals surface area (Å²) in [6.07, 6.45) is 13.6. The number of ketones is 4. The van der Waals surface area contributed by atoms with Crippen LogP contribution in [0.1, 0.15) is 33.7 Å². The lowest BCUT2D eigenvalue weighted by Crippen LogP contribution is -3.00. The highest BCUT2D eigenvalue weighted by Gasteiger charge is 2.26. The molecule has 0 aliphatic carbocycles. The Kier molecular flexibility index (Phi) is 19.9. The summed E-state index contributed by atoms with van der Waals surface area (Å²) in [6, 6.07) is -0.712. The highest BCUT2D eigenvalue weighted by Crippen LogP contribution is 2.00. The lowest BCUT2D eigenvalue weighted by Gasteiger charge is -2.04. The second-order valence-electron chi connectivity index (χ2n) is 5.89. The molecular weight excluding hydrogens is 459 g/mol. The zero-order valence-electron chi connectivity index (χ0n) is 18.8. The van der Waals surface area contributed by atoms with Crippen LogP contribution in [0, 0.1) is 0 Å². The molecule has 32 heavy (non-hydrogen) atoms. The normalized spacial score (nSPS) is 8.91. The maximum atomic E-state index is 11.2. The van der Waals surface area contributed by atoms with Crippen molar-refractivity contribution in [2.75, 3.05) is 7.11 Å². The van der Waals surface area contributed by atoms with E-state index >= 15 is 0 Å². The lowest BCUT2D eigenvalue weighted by atomic mass is 10.1. The molecule has 178 valence electrons. The van der Waals surface area contributed by atoms with E-state index in [0.29, 0.717) is 0 Å². The molecule has 0 spiro atoms. The smallest absolute Gasteiger partial charge is 0.249 e. The summed E-state index contributed by atoms with van der Waals surface area (Å²) in [4.78, 5) is 46.7. The molecule has 0 saturated heterocycles. The standard InChI is InChI=1S/C10H13N2O2.C5H7ClO2.C5H6N2.CH4O.ClH/c1-4-11-5-6-12(7-11)10(8(2)13)9(3)14;1-3(7)5(6)4(2)8;1-2-7-4-3-6-5-7;1-2;/h4-7,10H,1H2,2-3H3;5H,1-2H3;2-5H,1H2;2H,1H3;1H/q+1;;;;/p-1. The van der Waals surface area contributed by atoms with E-state index in [1.807, 2.05) is 6.20 Å². The highest BCUT2D eigenvalue weighted by molar-refractivity contribution is 6.41. The quantitative estimate of drug-likeness (QED) is 0.302. The number of halogens is 2. The van der Waals surface area contributed by atoms with Gasteiger partial charge in [0.05, 0.1) is 12.5 Å². The van der Waals surface area contributed by atoms with Crippen LogP contribution >= 0.6 is 11.6 Å². The maximum absolute atomic E-state index is 11.2.